The molecule has 3 heteroatoms. The second-order valence-electron chi connectivity index (χ2n) is 9.84. The molecule has 2 fully saturated rings. The van der Waals surface area contributed by atoms with Crippen molar-refractivity contribution in [2.24, 2.45) is 5.92 Å². The predicted octanol–water partition coefficient (Wildman–Crippen LogP) is 9.37. The number of hydrogen-bond acceptors (Lipinski definition) is 1. The maximum absolute atomic E-state index is 3.19. The Hall–Kier alpha value is -0.740. The van der Waals surface area contributed by atoms with Gasteiger partial charge in [-0.25, -0.2) is 0 Å². The largest absolute Gasteiger partial charge is 0.258 e. The molecule has 2 aliphatic heterocycles. The van der Waals surface area contributed by atoms with Crippen LogP contribution in [-0.2, 0) is 0 Å². The molecular weight excluding hydrogens is 412 g/mol. The van der Waals surface area contributed by atoms with E-state index in [0.29, 0.717) is 0 Å². The van der Waals surface area contributed by atoms with Gasteiger partial charge in [-0.05, 0) is 83.0 Å². The molecule has 2 aromatic rings. The van der Waals surface area contributed by atoms with Gasteiger partial charge in [0, 0.05) is 17.9 Å². The molecule has 4 atom stereocenters. The highest BCUT2D eigenvalue weighted by atomic mass is 31.2. The van der Waals surface area contributed by atoms with Crippen molar-refractivity contribution < 1.29 is 0 Å². The molecule has 2 aliphatic rings. The van der Waals surface area contributed by atoms with Crippen LogP contribution in [0.15, 0.2) is 60.7 Å². The molecule has 4 rings (SSSR count). The van der Waals surface area contributed by atoms with Gasteiger partial charge in [-0.1, -0.05) is 88.4 Å². The molecule has 1 nitrogen and oxygen atoms in total. The molecule has 0 aliphatic carbocycles. The van der Waals surface area contributed by atoms with E-state index in [1.807, 2.05) is 0 Å². The van der Waals surface area contributed by atoms with E-state index in [4.69, 9.17) is 0 Å². The average molecular weight is 454 g/mol. The highest BCUT2D eigenvalue weighted by Crippen LogP contribution is 2.79. The summed E-state index contributed by atoms with van der Waals surface area (Å²) in [4.78, 5) is 0. The lowest BCUT2D eigenvalue weighted by Crippen LogP contribution is -2.26. The van der Waals surface area contributed by atoms with Crippen LogP contribution in [0.4, 0.5) is 0 Å². The summed E-state index contributed by atoms with van der Waals surface area (Å²) in [6, 6.07) is 23.1. The maximum atomic E-state index is 3.19. The van der Waals surface area contributed by atoms with Gasteiger partial charge in [0.05, 0.1) is 0 Å². The SMILES string of the molecule is CC[C@@H]1CC[C@@H](CC)P1N(CC(C)C)P1[C@H](c2ccccc2)CC[C@H]1c1ccccc1. The van der Waals surface area contributed by atoms with Gasteiger partial charge in [0.2, 0.25) is 0 Å². The Bertz CT molecular complexity index is 734. The van der Waals surface area contributed by atoms with E-state index < -0.39 is 0 Å². The first-order valence-electron chi connectivity index (χ1n) is 12.6. The minimum atomic E-state index is -0.234. The minimum Gasteiger partial charge on any atom is -0.258 e. The van der Waals surface area contributed by atoms with E-state index in [1.165, 1.54) is 45.1 Å². The van der Waals surface area contributed by atoms with Crippen LogP contribution in [-0.4, -0.2) is 22.3 Å². The molecule has 0 saturated carbocycles. The molecule has 168 valence electrons. The lowest BCUT2D eigenvalue weighted by molar-refractivity contribution is 0.525. The third-order valence-corrected chi connectivity index (χ3v) is 15.1. The normalized spacial score (nSPS) is 27.5. The second kappa shape index (κ2) is 10.9. The number of benzene rings is 2. The highest BCUT2D eigenvalue weighted by molar-refractivity contribution is 7.71. The van der Waals surface area contributed by atoms with Crippen molar-refractivity contribution in [2.45, 2.75) is 88.9 Å². The smallest absolute Gasteiger partial charge is 0.0183 e. The summed E-state index contributed by atoms with van der Waals surface area (Å²) in [6.07, 6.45) is 8.36. The first-order valence-corrected chi connectivity index (χ1v) is 15.4. The van der Waals surface area contributed by atoms with Crippen molar-refractivity contribution in [3.8, 4) is 0 Å². The molecule has 2 heterocycles. The molecule has 0 amide bonds. The van der Waals surface area contributed by atoms with Gasteiger partial charge in [0.25, 0.3) is 0 Å². The molecular formula is C28H41NP2. The molecule has 2 aromatic carbocycles. The van der Waals surface area contributed by atoms with E-state index in [2.05, 4.69) is 92.8 Å². The third-order valence-electron chi connectivity index (χ3n) is 7.31. The van der Waals surface area contributed by atoms with Crippen molar-refractivity contribution in [3.05, 3.63) is 71.8 Å². The van der Waals surface area contributed by atoms with Crippen LogP contribution in [0.5, 0.6) is 0 Å². The van der Waals surface area contributed by atoms with Crippen LogP contribution < -0.4 is 0 Å². The first kappa shape index (κ1) is 23.4. The van der Waals surface area contributed by atoms with Crippen LogP contribution in [0.1, 0.15) is 88.7 Å². The molecule has 0 bridgehead atoms. The Morgan fingerprint density at radius 2 is 1.16 bits per heavy atom. The summed E-state index contributed by atoms with van der Waals surface area (Å²) in [5.41, 5.74) is 6.51. The molecule has 31 heavy (non-hydrogen) atoms. The van der Waals surface area contributed by atoms with Crippen LogP contribution in [0.2, 0.25) is 0 Å². The first-order chi connectivity index (χ1) is 15.1. The molecule has 0 N–H and O–H groups in total. The monoisotopic (exact) mass is 453 g/mol. The van der Waals surface area contributed by atoms with Gasteiger partial charge in [0.1, 0.15) is 0 Å². The Labute approximate surface area is 193 Å². The van der Waals surface area contributed by atoms with Gasteiger partial charge in [-0.3, -0.25) is 4.44 Å². The van der Waals surface area contributed by atoms with Gasteiger partial charge < -0.3 is 0 Å². The van der Waals surface area contributed by atoms with Crippen molar-refractivity contribution in [3.63, 3.8) is 0 Å². The molecule has 0 unspecified atom stereocenters. The summed E-state index contributed by atoms with van der Waals surface area (Å²) in [7, 11) is -0.285. The topological polar surface area (TPSA) is 3.24 Å². The summed E-state index contributed by atoms with van der Waals surface area (Å²) in [5, 5.41) is 0. The van der Waals surface area contributed by atoms with Crippen LogP contribution in [0.25, 0.3) is 0 Å². The van der Waals surface area contributed by atoms with Crippen LogP contribution in [0.3, 0.4) is 0 Å². The van der Waals surface area contributed by atoms with Gasteiger partial charge in [0.15, 0.2) is 0 Å². The fourth-order valence-electron chi connectivity index (χ4n) is 5.85. The van der Waals surface area contributed by atoms with Crippen LogP contribution in [0, 0.1) is 5.92 Å². The van der Waals surface area contributed by atoms with Crippen molar-refractivity contribution in [1.29, 1.82) is 0 Å². The Morgan fingerprint density at radius 3 is 1.55 bits per heavy atom. The summed E-state index contributed by atoms with van der Waals surface area (Å²) in [5.74, 6) is 0.731. The molecule has 0 radical (unpaired) electrons. The van der Waals surface area contributed by atoms with Crippen molar-refractivity contribution in [1.82, 2.24) is 4.44 Å². The lowest BCUT2D eigenvalue weighted by atomic mass is 10.0. The number of hydrogen-bond donors (Lipinski definition) is 0. The van der Waals surface area contributed by atoms with E-state index >= 15 is 0 Å². The minimum absolute atomic E-state index is 0.0510. The lowest BCUT2D eigenvalue weighted by Gasteiger charge is -2.45. The maximum Gasteiger partial charge on any atom is 0.0183 e. The van der Waals surface area contributed by atoms with E-state index in [9.17, 15) is 0 Å². The van der Waals surface area contributed by atoms with Crippen molar-refractivity contribution in [2.75, 3.05) is 6.54 Å². The summed E-state index contributed by atoms with van der Waals surface area (Å²) >= 11 is 0. The van der Waals surface area contributed by atoms with Crippen LogP contribution >= 0.6 is 16.1 Å². The Kier molecular flexibility index (Phi) is 8.25. The third kappa shape index (κ3) is 5.11. The second-order valence-corrected chi connectivity index (χ2v) is 15.3. The van der Waals surface area contributed by atoms with Gasteiger partial charge in [-0.15, -0.1) is 0 Å². The molecule has 0 aromatic heterocycles. The average Bonchev–Trinajstić information content (AvgIpc) is 3.43. The quantitative estimate of drug-likeness (QED) is 0.360. The zero-order chi connectivity index (χ0) is 21.8. The van der Waals surface area contributed by atoms with Crippen molar-refractivity contribution >= 4 is 16.1 Å². The number of nitrogens with zero attached hydrogens (tertiary/aromatic N) is 1. The van der Waals surface area contributed by atoms with Gasteiger partial charge >= 0.3 is 0 Å². The van der Waals surface area contributed by atoms with E-state index in [1.54, 1.807) is 11.1 Å². The number of rotatable bonds is 8. The zero-order valence-corrected chi connectivity index (χ0v) is 21.7. The fraction of sp³-hybridized carbons (Fsp3) is 0.571. The Morgan fingerprint density at radius 1 is 0.710 bits per heavy atom. The molecule has 2 saturated heterocycles. The predicted molar refractivity (Wildman–Crippen MR) is 140 cm³/mol. The summed E-state index contributed by atoms with van der Waals surface area (Å²) < 4.78 is 3.19. The Balaban J connectivity index is 1.78. The highest BCUT2D eigenvalue weighted by Gasteiger charge is 2.47. The van der Waals surface area contributed by atoms with E-state index in [0.717, 1.165) is 28.6 Å². The molecule has 0 spiro atoms. The van der Waals surface area contributed by atoms with E-state index in [-0.39, 0.29) is 16.1 Å². The fourth-order valence-corrected chi connectivity index (χ4v) is 15.2. The summed E-state index contributed by atoms with van der Waals surface area (Å²) in [6.45, 7) is 11.1. The van der Waals surface area contributed by atoms with Gasteiger partial charge in [-0.2, -0.15) is 0 Å². The zero-order valence-electron chi connectivity index (χ0n) is 20.0. The standard InChI is InChI=1S/C28H41NP2/c1-5-25-17-18-26(6-2)30(25)29(21-22(3)4)31-27(23-13-9-7-10-14-23)19-20-28(31)24-15-11-8-12-16-24/h7-16,22,25-28H,5-6,17-21H2,1-4H3/t25-,26-,27+,28+/m1/s1.